The molecule has 0 spiro atoms. The van der Waals surface area contributed by atoms with E-state index in [0.29, 0.717) is 18.5 Å². The van der Waals surface area contributed by atoms with E-state index < -0.39 is 0 Å². The molecule has 154 valence electrons. The standard InChI is InChI=1S/C22H35N5O/c1-17(2)26-14-11-19(12-15-26)25-22(23-3)24-16-18-7-9-20(10-8-18)27-13-5-4-6-21(27)28/h7-10,17,19H,4-6,11-16H2,1-3H3,(H2,23,24,25). The fourth-order valence-electron chi connectivity index (χ4n) is 4.01. The molecular formula is C22H35N5O. The molecule has 0 unspecified atom stereocenters. The minimum Gasteiger partial charge on any atom is -0.354 e. The quantitative estimate of drug-likeness (QED) is 0.604. The molecule has 2 heterocycles. The van der Waals surface area contributed by atoms with Crippen molar-refractivity contribution in [2.24, 2.45) is 4.99 Å². The molecule has 6 nitrogen and oxygen atoms in total. The first-order valence-corrected chi connectivity index (χ1v) is 10.7. The van der Waals surface area contributed by atoms with Gasteiger partial charge in [0.15, 0.2) is 5.96 Å². The second-order valence-electron chi connectivity index (χ2n) is 8.14. The monoisotopic (exact) mass is 385 g/mol. The van der Waals surface area contributed by atoms with Gasteiger partial charge >= 0.3 is 0 Å². The maximum absolute atomic E-state index is 12.1. The van der Waals surface area contributed by atoms with E-state index >= 15 is 0 Å². The smallest absolute Gasteiger partial charge is 0.226 e. The Balaban J connectivity index is 1.47. The van der Waals surface area contributed by atoms with E-state index in [-0.39, 0.29) is 5.91 Å². The second kappa shape index (κ2) is 9.92. The number of amides is 1. The van der Waals surface area contributed by atoms with Crippen LogP contribution in [-0.2, 0) is 11.3 Å². The Hall–Kier alpha value is -2.08. The van der Waals surface area contributed by atoms with Crippen LogP contribution in [0.15, 0.2) is 29.3 Å². The fraction of sp³-hybridized carbons (Fsp3) is 0.636. The van der Waals surface area contributed by atoms with Gasteiger partial charge < -0.3 is 20.4 Å². The van der Waals surface area contributed by atoms with Crippen molar-refractivity contribution in [3.8, 4) is 0 Å². The van der Waals surface area contributed by atoms with Gasteiger partial charge in [-0.2, -0.15) is 0 Å². The average Bonchev–Trinajstić information content (AvgIpc) is 2.72. The summed E-state index contributed by atoms with van der Waals surface area (Å²) in [6, 6.07) is 9.41. The summed E-state index contributed by atoms with van der Waals surface area (Å²) >= 11 is 0. The van der Waals surface area contributed by atoms with Crippen molar-refractivity contribution >= 4 is 17.6 Å². The average molecular weight is 386 g/mol. The van der Waals surface area contributed by atoms with E-state index in [1.807, 2.05) is 11.9 Å². The number of nitrogens with one attached hydrogen (secondary N) is 2. The van der Waals surface area contributed by atoms with Gasteiger partial charge in [-0.05, 0) is 57.2 Å². The predicted molar refractivity (Wildman–Crippen MR) is 116 cm³/mol. The molecule has 0 atom stereocenters. The Morgan fingerprint density at radius 1 is 1.14 bits per heavy atom. The number of guanidine groups is 1. The van der Waals surface area contributed by atoms with Gasteiger partial charge in [-0.15, -0.1) is 0 Å². The number of hydrogen-bond acceptors (Lipinski definition) is 3. The van der Waals surface area contributed by atoms with Crippen LogP contribution in [0, 0.1) is 0 Å². The SMILES string of the molecule is CN=C(NCc1ccc(N2CCCCC2=O)cc1)NC1CCN(C(C)C)CC1. The molecular weight excluding hydrogens is 350 g/mol. The van der Waals surface area contributed by atoms with Crippen LogP contribution in [0.2, 0.25) is 0 Å². The van der Waals surface area contributed by atoms with Crippen LogP contribution in [0.5, 0.6) is 0 Å². The number of carbonyl (C=O) groups is 1. The summed E-state index contributed by atoms with van der Waals surface area (Å²) in [7, 11) is 1.82. The number of rotatable bonds is 5. The summed E-state index contributed by atoms with van der Waals surface area (Å²) in [6.07, 6.45) is 5.07. The maximum Gasteiger partial charge on any atom is 0.226 e. The Bertz CT molecular complexity index is 662. The Kier molecular flexibility index (Phi) is 7.31. The lowest BCUT2D eigenvalue weighted by molar-refractivity contribution is -0.119. The molecule has 6 heteroatoms. The molecule has 0 saturated carbocycles. The highest BCUT2D eigenvalue weighted by Crippen LogP contribution is 2.21. The number of nitrogens with zero attached hydrogens (tertiary/aromatic N) is 3. The molecule has 1 aromatic rings. The summed E-state index contributed by atoms with van der Waals surface area (Å²) in [5.41, 5.74) is 2.19. The number of benzene rings is 1. The first-order chi connectivity index (χ1) is 13.6. The Morgan fingerprint density at radius 2 is 1.86 bits per heavy atom. The molecule has 2 N–H and O–H groups in total. The van der Waals surface area contributed by atoms with Gasteiger partial charge in [-0.25, -0.2) is 0 Å². The normalized spacial score (nSPS) is 19.9. The van der Waals surface area contributed by atoms with Gasteiger partial charge in [-0.1, -0.05) is 12.1 Å². The van der Waals surface area contributed by atoms with Gasteiger partial charge in [0.2, 0.25) is 5.91 Å². The third kappa shape index (κ3) is 5.47. The molecule has 2 fully saturated rings. The van der Waals surface area contributed by atoms with E-state index in [1.165, 1.54) is 5.56 Å². The molecule has 2 aliphatic heterocycles. The summed E-state index contributed by atoms with van der Waals surface area (Å²) in [4.78, 5) is 20.9. The molecule has 0 aliphatic carbocycles. The van der Waals surface area contributed by atoms with E-state index in [1.54, 1.807) is 0 Å². The van der Waals surface area contributed by atoms with Crippen molar-refractivity contribution in [3.63, 3.8) is 0 Å². The largest absolute Gasteiger partial charge is 0.354 e. The van der Waals surface area contributed by atoms with Crippen molar-refractivity contribution in [1.82, 2.24) is 15.5 Å². The van der Waals surface area contributed by atoms with Crippen LogP contribution < -0.4 is 15.5 Å². The zero-order valence-electron chi connectivity index (χ0n) is 17.6. The van der Waals surface area contributed by atoms with Crippen LogP contribution in [0.25, 0.3) is 0 Å². The minimum atomic E-state index is 0.241. The van der Waals surface area contributed by atoms with Gasteiger partial charge in [0.25, 0.3) is 0 Å². The molecule has 2 aliphatic rings. The van der Waals surface area contributed by atoms with Gasteiger partial charge in [0.05, 0.1) is 0 Å². The highest BCUT2D eigenvalue weighted by atomic mass is 16.2. The van der Waals surface area contributed by atoms with E-state index in [4.69, 9.17) is 0 Å². The van der Waals surface area contributed by atoms with E-state index in [2.05, 4.69) is 58.6 Å². The molecule has 0 aromatic heterocycles. The Labute approximate surface area is 169 Å². The lowest BCUT2D eigenvalue weighted by Crippen LogP contribution is -2.49. The lowest BCUT2D eigenvalue weighted by Gasteiger charge is -2.35. The third-order valence-corrected chi connectivity index (χ3v) is 5.86. The van der Waals surface area contributed by atoms with Gasteiger partial charge in [0, 0.05) is 57.4 Å². The number of piperidine rings is 2. The van der Waals surface area contributed by atoms with Gasteiger partial charge in [0.1, 0.15) is 0 Å². The van der Waals surface area contributed by atoms with E-state index in [0.717, 1.165) is 63.5 Å². The van der Waals surface area contributed by atoms with Crippen molar-refractivity contribution < 1.29 is 4.79 Å². The molecule has 3 rings (SSSR count). The first kappa shape index (κ1) is 20.6. The number of likely N-dealkylation sites (tertiary alicyclic amines) is 1. The zero-order valence-corrected chi connectivity index (χ0v) is 17.6. The van der Waals surface area contributed by atoms with Crippen LogP contribution >= 0.6 is 0 Å². The Morgan fingerprint density at radius 3 is 2.46 bits per heavy atom. The minimum absolute atomic E-state index is 0.241. The molecule has 0 radical (unpaired) electrons. The topological polar surface area (TPSA) is 60.0 Å². The van der Waals surface area contributed by atoms with Crippen molar-refractivity contribution in [2.45, 2.75) is 64.6 Å². The molecule has 1 aromatic carbocycles. The molecule has 1 amide bonds. The number of hydrogen-bond donors (Lipinski definition) is 2. The number of aliphatic imine (C=N–C) groups is 1. The molecule has 2 saturated heterocycles. The summed E-state index contributed by atoms with van der Waals surface area (Å²) in [5.74, 6) is 1.10. The van der Waals surface area contributed by atoms with Crippen molar-refractivity contribution in [1.29, 1.82) is 0 Å². The predicted octanol–water partition coefficient (Wildman–Crippen LogP) is 2.74. The number of anilines is 1. The zero-order chi connectivity index (χ0) is 19.9. The molecule has 28 heavy (non-hydrogen) atoms. The highest BCUT2D eigenvalue weighted by molar-refractivity contribution is 5.93. The van der Waals surface area contributed by atoms with E-state index in [9.17, 15) is 4.79 Å². The van der Waals surface area contributed by atoms with Crippen LogP contribution in [0.4, 0.5) is 5.69 Å². The summed E-state index contributed by atoms with van der Waals surface area (Å²) < 4.78 is 0. The second-order valence-corrected chi connectivity index (χ2v) is 8.14. The molecule has 0 bridgehead atoms. The fourth-order valence-corrected chi connectivity index (χ4v) is 4.01. The third-order valence-electron chi connectivity index (χ3n) is 5.86. The lowest BCUT2D eigenvalue weighted by atomic mass is 10.0. The van der Waals surface area contributed by atoms with Crippen LogP contribution in [0.3, 0.4) is 0 Å². The van der Waals surface area contributed by atoms with Gasteiger partial charge in [-0.3, -0.25) is 9.79 Å². The highest BCUT2D eigenvalue weighted by Gasteiger charge is 2.21. The summed E-state index contributed by atoms with van der Waals surface area (Å²) in [6.45, 7) is 8.37. The van der Waals surface area contributed by atoms with Crippen molar-refractivity contribution in [3.05, 3.63) is 29.8 Å². The number of carbonyl (C=O) groups excluding carboxylic acids is 1. The van der Waals surface area contributed by atoms with Crippen molar-refractivity contribution in [2.75, 3.05) is 31.6 Å². The maximum atomic E-state index is 12.1. The van der Waals surface area contributed by atoms with Crippen LogP contribution in [-0.4, -0.2) is 55.5 Å². The first-order valence-electron chi connectivity index (χ1n) is 10.7. The summed E-state index contributed by atoms with van der Waals surface area (Å²) in [5, 5.41) is 6.98. The van der Waals surface area contributed by atoms with Crippen LogP contribution in [0.1, 0.15) is 51.5 Å².